The molecule has 0 heterocycles. The number of hydrogen-bond acceptors (Lipinski definition) is 1. The van der Waals surface area contributed by atoms with Gasteiger partial charge in [0.15, 0.2) is 0 Å². The van der Waals surface area contributed by atoms with Gasteiger partial charge in [-0.25, -0.2) is 0 Å². The van der Waals surface area contributed by atoms with Crippen molar-refractivity contribution in [2.45, 2.75) is 33.1 Å². The molecule has 0 unspecified atom stereocenters. The molecular weight excluding hydrogens is 182 g/mol. The van der Waals surface area contributed by atoms with E-state index >= 15 is 0 Å². The van der Waals surface area contributed by atoms with E-state index in [9.17, 15) is 0 Å². The normalized spacial score (nSPS) is 12.5. The van der Waals surface area contributed by atoms with E-state index in [0.717, 1.165) is 12.8 Å². The zero-order valence-electron chi connectivity index (χ0n) is 9.46. The lowest BCUT2D eigenvalue weighted by Gasteiger charge is -1.94. The predicted octanol–water partition coefficient (Wildman–Crippen LogP) is 3.76. The highest BCUT2D eigenvalue weighted by atomic mass is 14.2. The van der Waals surface area contributed by atoms with Crippen molar-refractivity contribution in [3.63, 3.8) is 0 Å². The molecule has 0 bridgehead atoms. The second kappa shape index (κ2) is 8.85. The van der Waals surface area contributed by atoms with Gasteiger partial charge in [-0.15, -0.1) is 12.3 Å². The Hall–Kier alpha value is -1.73. The van der Waals surface area contributed by atoms with Crippen LogP contribution in [-0.2, 0) is 0 Å². The van der Waals surface area contributed by atoms with Crippen LogP contribution < -0.4 is 0 Å². The van der Waals surface area contributed by atoms with E-state index in [1.807, 2.05) is 19.1 Å². The van der Waals surface area contributed by atoms with Gasteiger partial charge in [-0.1, -0.05) is 23.8 Å². The van der Waals surface area contributed by atoms with Gasteiger partial charge in [0.1, 0.15) is 0 Å². The zero-order valence-corrected chi connectivity index (χ0v) is 9.46. The highest BCUT2D eigenvalue weighted by molar-refractivity contribution is 5.33. The second-order valence-corrected chi connectivity index (χ2v) is 3.26. The Morgan fingerprint density at radius 1 is 1.47 bits per heavy atom. The van der Waals surface area contributed by atoms with E-state index in [0.29, 0.717) is 12.0 Å². The van der Waals surface area contributed by atoms with E-state index in [4.69, 9.17) is 11.7 Å². The maximum atomic E-state index is 8.76. The third-order valence-electron chi connectivity index (χ3n) is 2.06. The second-order valence-electron chi connectivity index (χ2n) is 3.26. The van der Waals surface area contributed by atoms with Crippen LogP contribution in [0.5, 0.6) is 0 Å². The van der Waals surface area contributed by atoms with Crippen LogP contribution >= 0.6 is 0 Å². The Kier molecular flexibility index (Phi) is 7.83. The van der Waals surface area contributed by atoms with Gasteiger partial charge in [0.2, 0.25) is 0 Å². The molecule has 0 aromatic rings. The lowest BCUT2D eigenvalue weighted by atomic mass is 10.1. The minimum atomic E-state index is 0.515. The van der Waals surface area contributed by atoms with Crippen molar-refractivity contribution in [3.05, 3.63) is 35.5 Å². The van der Waals surface area contributed by atoms with Crippen LogP contribution in [0.2, 0.25) is 0 Å². The molecule has 0 amide bonds. The first-order valence-corrected chi connectivity index (χ1v) is 5.06. The first-order chi connectivity index (χ1) is 7.24. The molecule has 0 saturated heterocycles. The van der Waals surface area contributed by atoms with Crippen LogP contribution in [0.3, 0.4) is 0 Å². The molecule has 0 aliphatic rings. The topological polar surface area (TPSA) is 23.8 Å². The maximum Gasteiger partial charge on any atom is 0.0988 e. The van der Waals surface area contributed by atoms with Gasteiger partial charge in [-0.2, -0.15) is 5.26 Å². The van der Waals surface area contributed by atoms with E-state index in [-0.39, 0.29) is 0 Å². The van der Waals surface area contributed by atoms with Gasteiger partial charge < -0.3 is 0 Å². The molecule has 0 spiro atoms. The van der Waals surface area contributed by atoms with Crippen LogP contribution in [0, 0.1) is 23.7 Å². The number of nitriles is 1. The molecule has 0 aromatic heterocycles. The van der Waals surface area contributed by atoms with Gasteiger partial charge in [0.05, 0.1) is 6.07 Å². The molecular formula is C14H17N. The lowest BCUT2D eigenvalue weighted by molar-refractivity contribution is 0.973. The molecule has 0 radical (unpaired) electrons. The smallest absolute Gasteiger partial charge is 0.0988 e. The monoisotopic (exact) mass is 199 g/mol. The minimum Gasteiger partial charge on any atom is -0.192 e. The predicted molar refractivity (Wildman–Crippen MR) is 65.0 cm³/mol. The molecule has 0 N–H and O–H groups in total. The van der Waals surface area contributed by atoms with Crippen molar-refractivity contribution in [2.24, 2.45) is 0 Å². The number of nitrogens with zero attached hydrogens (tertiary/aromatic N) is 1. The molecule has 0 aliphatic carbocycles. The van der Waals surface area contributed by atoms with Crippen LogP contribution in [0.25, 0.3) is 0 Å². The number of hydrogen-bond donors (Lipinski definition) is 0. The first kappa shape index (κ1) is 13.3. The van der Waals surface area contributed by atoms with E-state index in [1.165, 1.54) is 5.57 Å². The largest absolute Gasteiger partial charge is 0.192 e. The van der Waals surface area contributed by atoms with E-state index in [2.05, 4.69) is 25.0 Å². The number of allylic oxidation sites excluding steroid dienone is 6. The summed E-state index contributed by atoms with van der Waals surface area (Å²) in [4.78, 5) is 0. The molecule has 0 rings (SSSR count). The Morgan fingerprint density at radius 3 is 2.73 bits per heavy atom. The van der Waals surface area contributed by atoms with Crippen molar-refractivity contribution in [3.8, 4) is 18.4 Å². The summed E-state index contributed by atoms with van der Waals surface area (Å²) < 4.78 is 0. The Bertz CT molecular complexity index is 343. The maximum absolute atomic E-state index is 8.76. The van der Waals surface area contributed by atoms with E-state index < -0.39 is 0 Å². The lowest BCUT2D eigenvalue weighted by Crippen LogP contribution is -1.76. The Labute approximate surface area is 92.8 Å². The molecule has 0 saturated carbocycles. The summed E-state index contributed by atoms with van der Waals surface area (Å²) >= 11 is 0. The number of terminal acetylenes is 1. The third kappa shape index (κ3) is 7.35. The molecule has 0 aliphatic heterocycles. The van der Waals surface area contributed by atoms with Gasteiger partial charge >= 0.3 is 0 Å². The van der Waals surface area contributed by atoms with Gasteiger partial charge in [0, 0.05) is 12.0 Å². The van der Waals surface area contributed by atoms with Crippen LogP contribution in [0.1, 0.15) is 33.1 Å². The molecule has 0 fully saturated rings. The zero-order chi connectivity index (χ0) is 11.5. The Balaban J connectivity index is 4.06. The fourth-order valence-corrected chi connectivity index (χ4v) is 0.985. The quantitative estimate of drug-likeness (QED) is 0.286. The van der Waals surface area contributed by atoms with Crippen molar-refractivity contribution in [2.75, 3.05) is 0 Å². The van der Waals surface area contributed by atoms with E-state index in [1.54, 1.807) is 6.08 Å². The van der Waals surface area contributed by atoms with Crippen LogP contribution in [0.15, 0.2) is 35.5 Å². The van der Waals surface area contributed by atoms with Crippen LogP contribution in [0.4, 0.5) is 0 Å². The molecule has 0 atom stereocenters. The summed E-state index contributed by atoms with van der Waals surface area (Å²) in [5.41, 5.74) is 2.01. The van der Waals surface area contributed by atoms with Crippen molar-refractivity contribution < 1.29 is 0 Å². The first-order valence-electron chi connectivity index (χ1n) is 5.06. The molecule has 0 aromatic carbocycles. The van der Waals surface area contributed by atoms with Gasteiger partial charge in [0.25, 0.3) is 0 Å². The molecule has 1 nitrogen and oxygen atoms in total. The van der Waals surface area contributed by atoms with Crippen LogP contribution in [-0.4, -0.2) is 0 Å². The van der Waals surface area contributed by atoms with Crippen molar-refractivity contribution >= 4 is 0 Å². The molecule has 15 heavy (non-hydrogen) atoms. The SMILES string of the molecule is C#CC/C=C(C#N)\C=C/CC/C(C)=C/C. The summed E-state index contributed by atoms with van der Waals surface area (Å²) in [5, 5.41) is 8.76. The summed E-state index contributed by atoms with van der Waals surface area (Å²) in [6.45, 7) is 4.14. The fourth-order valence-electron chi connectivity index (χ4n) is 0.985. The van der Waals surface area contributed by atoms with Crippen molar-refractivity contribution in [1.82, 2.24) is 0 Å². The Morgan fingerprint density at radius 2 is 2.20 bits per heavy atom. The summed E-state index contributed by atoms with van der Waals surface area (Å²) in [7, 11) is 0. The highest BCUT2D eigenvalue weighted by Crippen LogP contribution is 2.05. The van der Waals surface area contributed by atoms with Crippen molar-refractivity contribution in [1.29, 1.82) is 5.26 Å². The average Bonchev–Trinajstić information content (AvgIpc) is 2.27. The molecule has 1 heteroatoms. The molecule has 78 valence electrons. The number of rotatable bonds is 5. The average molecular weight is 199 g/mol. The summed E-state index contributed by atoms with van der Waals surface area (Å²) in [5.74, 6) is 2.48. The highest BCUT2D eigenvalue weighted by Gasteiger charge is 1.88. The van der Waals surface area contributed by atoms with Gasteiger partial charge in [-0.3, -0.25) is 0 Å². The standard InChI is InChI=1S/C14H17N/c1-4-6-10-14(12-15)11-8-7-9-13(3)5-2/h1,5,8,10-11H,6-7,9H2,2-3H3/b11-8-,13-5+,14-10+. The fraction of sp³-hybridized carbons (Fsp3) is 0.357. The third-order valence-corrected chi connectivity index (χ3v) is 2.06. The minimum absolute atomic E-state index is 0.515. The van der Waals surface area contributed by atoms with Gasteiger partial charge in [-0.05, 0) is 32.8 Å². The summed E-state index contributed by atoms with van der Waals surface area (Å²) in [6.07, 6.45) is 15.3. The summed E-state index contributed by atoms with van der Waals surface area (Å²) in [6, 6.07) is 2.10.